The summed E-state index contributed by atoms with van der Waals surface area (Å²) in [6.45, 7) is 0. The molecule has 2 N–H and O–H groups in total. The first-order valence-corrected chi connectivity index (χ1v) is 5.77. The molecule has 0 radical (unpaired) electrons. The van der Waals surface area contributed by atoms with E-state index in [4.69, 9.17) is 16.3 Å². The summed E-state index contributed by atoms with van der Waals surface area (Å²) >= 11 is 5.76. The number of pyridine rings is 1. The summed E-state index contributed by atoms with van der Waals surface area (Å²) < 4.78 is 4.96. The highest BCUT2D eigenvalue weighted by Crippen LogP contribution is 2.28. The van der Waals surface area contributed by atoms with Crippen LogP contribution in [0.4, 0.5) is 5.69 Å². The van der Waals surface area contributed by atoms with Gasteiger partial charge in [0.15, 0.2) is 11.5 Å². The van der Waals surface area contributed by atoms with Gasteiger partial charge in [-0.05, 0) is 18.2 Å². The lowest BCUT2D eigenvalue weighted by Gasteiger charge is -2.08. The fourth-order valence-electron chi connectivity index (χ4n) is 1.49. The number of nitrogens with zero attached hydrogens (tertiary/aromatic N) is 1. The van der Waals surface area contributed by atoms with Crippen molar-refractivity contribution in [3.05, 3.63) is 47.2 Å². The minimum absolute atomic E-state index is 0.00456. The molecule has 1 aromatic carbocycles. The number of anilines is 1. The Bertz CT molecular complexity index is 617. The summed E-state index contributed by atoms with van der Waals surface area (Å²) in [5, 5.41) is 12.5. The first-order chi connectivity index (χ1) is 9.10. The van der Waals surface area contributed by atoms with Crippen molar-refractivity contribution in [3.8, 4) is 11.5 Å². The van der Waals surface area contributed by atoms with Crippen LogP contribution in [0.3, 0.4) is 0 Å². The average Bonchev–Trinajstić information content (AvgIpc) is 2.41. The van der Waals surface area contributed by atoms with Gasteiger partial charge >= 0.3 is 0 Å². The molecule has 1 heterocycles. The molecule has 0 spiro atoms. The van der Waals surface area contributed by atoms with Gasteiger partial charge in [-0.15, -0.1) is 0 Å². The summed E-state index contributed by atoms with van der Waals surface area (Å²) in [6.07, 6.45) is 2.86. The molecule has 1 amide bonds. The number of phenols is 1. The fourth-order valence-corrected chi connectivity index (χ4v) is 1.67. The number of nitrogens with one attached hydrogen (secondary N) is 1. The normalized spacial score (nSPS) is 10.0. The number of methoxy groups -OCH3 is 1. The predicted octanol–water partition coefficient (Wildman–Crippen LogP) is 2.70. The number of benzene rings is 1. The van der Waals surface area contributed by atoms with Crippen LogP contribution >= 0.6 is 11.6 Å². The van der Waals surface area contributed by atoms with Crippen molar-refractivity contribution in [1.29, 1.82) is 0 Å². The van der Waals surface area contributed by atoms with Crippen molar-refractivity contribution in [3.63, 3.8) is 0 Å². The number of aromatic nitrogens is 1. The third kappa shape index (κ3) is 3.14. The van der Waals surface area contributed by atoms with Crippen LogP contribution in [0.25, 0.3) is 0 Å². The number of ether oxygens (including phenoxy) is 1. The lowest BCUT2D eigenvalue weighted by atomic mass is 10.2. The smallest absolute Gasteiger partial charge is 0.257 e. The third-order valence-electron chi connectivity index (χ3n) is 2.40. The number of phenolic OH excluding ortho intramolecular Hbond substituents is 1. The van der Waals surface area contributed by atoms with Gasteiger partial charge < -0.3 is 15.2 Å². The molecule has 1 aromatic heterocycles. The number of rotatable bonds is 3. The van der Waals surface area contributed by atoms with Gasteiger partial charge in [0.2, 0.25) is 0 Å². The largest absolute Gasteiger partial charge is 0.504 e. The molecular weight excluding hydrogens is 268 g/mol. The Balaban J connectivity index is 2.19. The summed E-state index contributed by atoms with van der Waals surface area (Å²) in [4.78, 5) is 15.8. The van der Waals surface area contributed by atoms with Crippen molar-refractivity contribution in [2.45, 2.75) is 0 Å². The molecule has 19 heavy (non-hydrogen) atoms. The quantitative estimate of drug-likeness (QED) is 0.847. The predicted molar refractivity (Wildman–Crippen MR) is 71.9 cm³/mol. The molecule has 0 bridgehead atoms. The van der Waals surface area contributed by atoms with E-state index in [1.54, 1.807) is 6.07 Å². The number of amides is 1. The molecule has 5 nitrogen and oxygen atoms in total. The van der Waals surface area contributed by atoms with Gasteiger partial charge in [-0.3, -0.25) is 9.78 Å². The number of carbonyl (C=O) groups is 1. The molecule has 0 unspecified atom stereocenters. The van der Waals surface area contributed by atoms with Crippen molar-refractivity contribution in [2.24, 2.45) is 0 Å². The summed E-state index contributed by atoms with van der Waals surface area (Å²) in [5.74, 6) is -0.0605. The topological polar surface area (TPSA) is 71.5 Å². The van der Waals surface area contributed by atoms with Gasteiger partial charge in [0.05, 0.1) is 17.7 Å². The SMILES string of the molecule is COc1cc(NC(=O)c2cncc(Cl)c2)ccc1O. The van der Waals surface area contributed by atoms with Crippen LogP contribution in [0, 0.1) is 0 Å². The van der Waals surface area contributed by atoms with E-state index in [-0.39, 0.29) is 17.4 Å². The molecular formula is C13H11ClN2O3. The third-order valence-corrected chi connectivity index (χ3v) is 2.61. The van der Waals surface area contributed by atoms with Crippen LogP contribution in [0.5, 0.6) is 11.5 Å². The van der Waals surface area contributed by atoms with Gasteiger partial charge in [0.1, 0.15) is 0 Å². The van der Waals surface area contributed by atoms with Gasteiger partial charge in [-0.1, -0.05) is 11.6 Å². The first kappa shape index (κ1) is 13.2. The van der Waals surface area contributed by atoms with E-state index in [2.05, 4.69) is 10.3 Å². The molecule has 0 aliphatic heterocycles. The Hall–Kier alpha value is -2.27. The maximum absolute atomic E-state index is 11.9. The van der Waals surface area contributed by atoms with Crippen molar-refractivity contribution in [2.75, 3.05) is 12.4 Å². The molecule has 0 atom stereocenters. The highest BCUT2D eigenvalue weighted by Gasteiger charge is 2.09. The van der Waals surface area contributed by atoms with E-state index in [1.807, 2.05) is 0 Å². The van der Waals surface area contributed by atoms with Gasteiger partial charge in [-0.25, -0.2) is 0 Å². The number of aromatic hydroxyl groups is 1. The van der Waals surface area contributed by atoms with Crippen molar-refractivity contribution < 1.29 is 14.6 Å². The van der Waals surface area contributed by atoms with Crippen LogP contribution in [0.1, 0.15) is 10.4 Å². The van der Waals surface area contributed by atoms with Crippen LogP contribution < -0.4 is 10.1 Å². The Kier molecular flexibility index (Phi) is 3.87. The number of hydrogen-bond donors (Lipinski definition) is 2. The molecule has 6 heteroatoms. The highest BCUT2D eigenvalue weighted by molar-refractivity contribution is 6.30. The Morgan fingerprint density at radius 2 is 2.16 bits per heavy atom. The number of halogens is 1. The van der Waals surface area contributed by atoms with E-state index in [0.717, 1.165) is 0 Å². The molecule has 2 aromatic rings. The minimum atomic E-state index is -0.345. The second-order valence-corrected chi connectivity index (χ2v) is 4.17. The first-order valence-electron chi connectivity index (χ1n) is 5.39. The molecule has 2 rings (SSSR count). The second kappa shape index (κ2) is 5.58. The number of hydrogen-bond acceptors (Lipinski definition) is 4. The van der Waals surface area contributed by atoms with Crippen LogP contribution in [-0.2, 0) is 0 Å². The minimum Gasteiger partial charge on any atom is -0.504 e. The fraction of sp³-hybridized carbons (Fsp3) is 0.0769. The maximum Gasteiger partial charge on any atom is 0.257 e. The van der Waals surface area contributed by atoms with Crippen LogP contribution in [0.15, 0.2) is 36.7 Å². The van der Waals surface area contributed by atoms with E-state index in [1.165, 1.54) is 37.7 Å². The molecule has 0 saturated heterocycles. The monoisotopic (exact) mass is 278 g/mol. The van der Waals surface area contributed by atoms with E-state index in [0.29, 0.717) is 16.3 Å². The average molecular weight is 279 g/mol. The molecule has 0 saturated carbocycles. The van der Waals surface area contributed by atoms with Crippen molar-refractivity contribution in [1.82, 2.24) is 4.98 Å². The Morgan fingerprint density at radius 1 is 1.37 bits per heavy atom. The lowest BCUT2D eigenvalue weighted by Crippen LogP contribution is -2.12. The van der Waals surface area contributed by atoms with Gasteiger partial charge in [0, 0.05) is 24.1 Å². The van der Waals surface area contributed by atoms with E-state index in [9.17, 15) is 9.90 Å². The standard InChI is InChI=1S/C13H11ClN2O3/c1-19-12-5-10(2-3-11(12)17)16-13(18)8-4-9(14)7-15-6-8/h2-7,17H,1H3,(H,16,18). The van der Waals surface area contributed by atoms with Gasteiger partial charge in [-0.2, -0.15) is 0 Å². The molecule has 0 aliphatic carbocycles. The highest BCUT2D eigenvalue weighted by atomic mass is 35.5. The molecule has 0 aliphatic rings. The molecule has 0 fully saturated rings. The van der Waals surface area contributed by atoms with Gasteiger partial charge in [0.25, 0.3) is 5.91 Å². The summed E-state index contributed by atoms with van der Waals surface area (Å²) in [6, 6.07) is 6.03. The zero-order chi connectivity index (χ0) is 13.8. The number of carbonyl (C=O) groups excluding carboxylic acids is 1. The van der Waals surface area contributed by atoms with E-state index >= 15 is 0 Å². The Labute approximate surface area is 114 Å². The maximum atomic E-state index is 11.9. The van der Waals surface area contributed by atoms with Crippen LogP contribution in [-0.4, -0.2) is 23.1 Å². The molecule has 98 valence electrons. The second-order valence-electron chi connectivity index (χ2n) is 3.73. The Morgan fingerprint density at radius 3 is 2.84 bits per heavy atom. The zero-order valence-corrected chi connectivity index (χ0v) is 10.8. The summed E-state index contributed by atoms with van der Waals surface area (Å²) in [5.41, 5.74) is 0.846. The zero-order valence-electron chi connectivity index (χ0n) is 10.1. The van der Waals surface area contributed by atoms with Crippen molar-refractivity contribution >= 4 is 23.2 Å². The van der Waals surface area contributed by atoms with Crippen LogP contribution in [0.2, 0.25) is 5.02 Å². The summed E-state index contributed by atoms with van der Waals surface area (Å²) in [7, 11) is 1.43. The van der Waals surface area contributed by atoms with E-state index < -0.39 is 0 Å². The lowest BCUT2D eigenvalue weighted by molar-refractivity contribution is 0.102.